The molecule has 5 nitrogen and oxygen atoms in total. The van der Waals surface area contributed by atoms with Crippen molar-refractivity contribution in [1.82, 2.24) is 5.32 Å². The van der Waals surface area contributed by atoms with Gasteiger partial charge in [0.05, 0.1) is 13.2 Å². The Hall–Kier alpha value is -2.69. The van der Waals surface area contributed by atoms with Crippen LogP contribution >= 0.6 is 0 Å². The summed E-state index contributed by atoms with van der Waals surface area (Å²) in [6.07, 6.45) is 0.0651. The van der Waals surface area contributed by atoms with E-state index in [4.69, 9.17) is 14.2 Å². The number of amides is 1. The predicted molar refractivity (Wildman–Crippen MR) is 107 cm³/mol. The maximum Gasteiger partial charge on any atom is 0.258 e. The SMILES string of the molecule is COc1cc(CNC(=O)COc2ccccc2C(C)C)ccc1OC(C)C. The van der Waals surface area contributed by atoms with E-state index in [2.05, 4.69) is 19.2 Å². The molecule has 2 aromatic carbocycles. The van der Waals surface area contributed by atoms with Gasteiger partial charge in [-0.25, -0.2) is 0 Å². The van der Waals surface area contributed by atoms with Gasteiger partial charge in [0.15, 0.2) is 18.1 Å². The van der Waals surface area contributed by atoms with Crippen molar-refractivity contribution in [2.45, 2.75) is 46.3 Å². The zero-order valence-electron chi connectivity index (χ0n) is 16.7. The molecule has 0 atom stereocenters. The highest BCUT2D eigenvalue weighted by Gasteiger charge is 2.11. The number of ether oxygens (including phenoxy) is 3. The first-order chi connectivity index (χ1) is 12.9. The number of carbonyl (C=O) groups is 1. The van der Waals surface area contributed by atoms with Crippen LogP contribution in [0.5, 0.6) is 17.2 Å². The summed E-state index contributed by atoms with van der Waals surface area (Å²) in [4.78, 5) is 12.1. The standard InChI is InChI=1S/C22H29NO4/c1-15(2)18-8-6-7-9-19(18)26-14-22(24)23-13-17-10-11-20(27-16(3)4)21(12-17)25-5/h6-12,15-16H,13-14H2,1-5H3,(H,23,24). The van der Waals surface area contributed by atoms with Crippen LogP contribution in [0.3, 0.4) is 0 Å². The van der Waals surface area contributed by atoms with E-state index in [1.54, 1.807) is 7.11 Å². The van der Waals surface area contributed by atoms with Gasteiger partial charge in [0.1, 0.15) is 5.75 Å². The Balaban J connectivity index is 1.90. The van der Waals surface area contributed by atoms with Crippen LogP contribution in [0.2, 0.25) is 0 Å². The fraction of sp³-hybridized carbons (Fsp3) is 0.409. The van der Waals surface area contributed by atoms with Crippen LogP contribution in [0, 0.1) is 0 Å². The van der Waals surface area contributed by atoms with Crippen molar-refractivity contribution >= 4 is 5.91 Å². The monoisotopic (exact) mass is 371 g/mol. The van der Waals surface area contributed by atoms with Gasteiger partial charge in [0.25, 0.3) is 5.91 Å². The van der Waals surface area contributed by atoms with Crippen LogP contribution in [0.15, 0.2) is 42.5 Å². The van der Waals surface area contributed by atoms with Gasteiger partial charge >= 0.3 is 0 Å². The van der Waals surface area contributed by atoms with Crippen molar-refractivity contribution in [2.75, 3.05) is 13.7 Å². The summed E-state index contributed by atoms with van der Waals surface area (Å²) in [7, 11) is 1.60. The zero-order valence-corrected chi connectivity index (χ0v) is 16.7. The normalized spacial score (nSPS) is 10.8. The number of nitrogens with one attached hydrogen (secondary N) is 1. The first-order valence-electron chi connectivity index (χ1n) is 9.22. The highest BCUT2D eigenvalue weighted by Crippen LogP contribution is 2.29. The molecular weight excluding hydrogens is 342 g/mol. The van der Waals surface area contributed by atoms with Gasteiger partial charge < -0.3 is 19.5 Å². The molecule has 146 valence electrons. The lowest BCUT2D eigenvalue weighted by Gasteiger charge is -2.15. The third-order valence-corrected chi connectivity index (χ3v) is 3.98. The summed E-state index contributed by atoms with van der Waals surface area (Å²) in [6.45, 7) is 8.50. The van der Waals surface area contributed by atoms with Crippen LogP contribution < -0.4 is 19.5 Å². The minimum atomic E-state index is -0.171. The molecule has 0 fully saturated rings. The number of hydrogen-bond acceptors (Lipinski definition) is 4. The number of rotatable bonds is 9. The Morgan fingerprint density at radius 2 is 1.74 bits per heavy atom. The topological polar surface area (TPSA) is 56.8 Å². The summed E-state index contributed by atoms with van der Waals surface area (Å²) in [5.74, 6) is 2.26. The molecule has 0 saturated carbocycles. The van der Waals surface area contributed by atoms with Crippen LogP contribution in [0.1, 0.15) is 44.7 Å². The van der Waals surface area contributed by atoms with Crippen molar-refractivity contribution in [3.63, 3.8) is 0 Å². The molecule has 1 N–H and O–H groups in total. The molecule has 0 aliphatic carbocycles. The molecule has 0 aliphatic heterocycles. The number of para-hydroxylation sites is 1. The Morgan fingerprint density at radius 1 is 1.00 bits per heavy atom. The average Bonchev–Trinajstić information content (AvgIpc) is 2.65. The van der Waals surface area contributed by atoms with E-state index in [9.17, 15) is 4.79 Å². The maximum absolute atomic E-state index is 12.1. The van der Waals surface area contributed by atoms with Crippen molar-refractivity contribution in [3.05, 3.63) is 53.6 Å². The van der Waals surface area contributed by atoms with Crippen molar-refractivity contribution in [3.8, 4) is 17.2 Å². The van der Waals surface area contributed by atoms with Crippen LogP contribution in [0.4, 0.5) is 0 Å². The van der Waals surface area contributed by atoms with E-state index in [0.717, 1.165) is 16.9 Å². The first kappa shape index (κ1) is 20.6. The number of carbonyl (C=O) groups excluding carboxylic acids is 1. The number of methoxy groups -OCH3 is 1. The molecule has 2 aromatic rings. The second-order valence-electron chi connectivity index (χ2n) is 6.91. The van der Waals surface area contributed by atoms with Crippen molar-refractivity contribution in [1.29, 1.82) is 0 Å². The molecule has 0 spiro atoms. The van der Waals surface area contributed by atoms with Gasteiger partial charge in [0, 0.05) is 6.54 Å². The largest absolute Gasteiger partial charge is 0.493 e. The minimum absolute atomic E-state index is 0.0184. The third-order valence-electron chi connectivity index (χ3n) is 3.98. The number of hydrogen-bond donors (Lipinski definition) is 1. The first-order valence-corrected chi connectivity index (χ1v) is 9.22. The van der Waals surface area contributed by atoms with E-state index in [-0.39, 0.29) is 18.6 Å². The maximum atomic E-state index is 12.1. The lowest BCUT2D eigenvalue weighted by atomic mass is 10.0. The van der Waals surface area contributed by atoms with Gasteiger partial charge in [-0.05, 0) is 49.1 Å². The van der Waals surface area contributed by atoms with E-state index >= 15 is 0 Å². The molecule has 1 amide bonds. The number of benzene rings is 2. The zero-order chi connectivity index (χ0) is 19.8. The van der Waals surface area contributed by atoms with Gasteiger partial charge in [-0.1, -0.05) is 38.1 Å². The molecule has 2 rings (SSSR count). The lowest BCUT2D eigenvalue weighted by molar-refractivity contribution is -0.123. The highest BCUT2D eigenvalue weighted by molar-refractivity contribution is 5.77. The van der Waals surface area contributed by atoms with Gasteiger partial charge in [-0.2, -0.15) is 0 Å². The molecule has 0 radical (unpaired) electrons. The summed E-state index contributed by atoms with van der Waals surface area (Å²) >= 11 is 0. The van der Waals surface area contributed by atoms with Crippen molar-refractivity contribution in [2.24, 2.45) is 0 Å². The molecule has 5 heteroatoms. The molecule has 27 heavy (non-hydrogen) atoms. The highest BCUT2D eigenvalue weighted by atomic mass is 16.5. The van der Waals surface area contributed by atoms with E-state index in [0.29, 0.717) is 24.0 Å². The lowest BCUT2D eigenvalue weighted by Crippen LogP contribution is -2.28. The molecule has 0 bridgehead atoms. The van der Waals surface area contributed by atoms with E-state index in [1.807, 2.05) is 56.3 Å². The van der Waals surface area contributed by atoms with Crippen molar-refractivity contribution < 1.29 is 19.0 Å². The Bertz CT molecular complexity index is 756. The molecular formula is C22H29NO4. The Kier molecular flexibility index (Phi) is 7.53. The second kappa shape index (κ2) is 9.86. The average molecular weight is 371 g/mol. The van der Waals surface area contributed by atoms with Crippen LogP contribution in [-0.4, -0.2) is 25.7 Å². The Labute approximate surface area is 161 Å². The van der Waals surface area contributed by atoms with Gasteiger partial charge in [-0.15, -0.1) is 0 Å². The molecule has 0 unspecified atom stereocenters. The van der Waals surface area contributed by atoms with Gasteiger partial charge in [0.2, 0.25) is 0 Å². The summed E-state index contributed by atoms with van der Waals surface area (Å²) in [5, 5.41) is 2.87. The fourth-order valence-corrected chi connectivity index (χ4v) is 2.66. The Morgan fingerprint density at radius 3 is 2.41 bits per heavy atom. The molecule has 0 heterocycles. The van der Waals surface area contributed by atoms with Crippen LogP contribution in [-0.2, 0) is 11.3 Å². The predicted octanol–water partition coefficient (Wildman–Crippen LogP) is 4.30. The smallest absolute Gasteiger partial charge is 0.258 e. The quantitative estimate of drug-likeness (QED) is 0.714. The minimum Gasteiger partial charge on any atom is -0.493 e. The summed E-state index contributed by atoms with van der Waals surface area (Å²) in [5.41, 5.74) is 2.02. The molecule has 0 saturated heterocycles. The van der Waals surface area contributed by atoms with Gasteiger partial charge in [-0.3, -0.25) is 4.79 Å². The van der Waals surface area contributed by atoms with E-state index < -0.39 is 0 Å². The summed E-state index contributed by atoms with van der Waals surface area (Å²) < 4.78 is 16.8. The second-order valence-corrected chi connectivity index (χ2v) is 6.91. The van der Waals surface area contributed by atoms with E-state index in [1.165, 1.54) is 0 Å². The molecule has 0 aromatic heterocycles. The third kappa shape index (κ3) is 6.20. The van der Waals surface area contributed by atoms with Crippen LogP contribution in [0.25, 0.3) is 0 Å². The fourth-order valence-electron chi connectivity index (χ4n) is 2.66. The molecule has 0 aliphatic rings. The summed E-state index contributed by atoms with van der Waals surface area (Å²) in [6, 6.07) is 13.4.